The minimum absolute atomic E-state index is 0.191. The van der Waals surface area contributed by atoms with Crippen LogP contribution in [0, 0.1) is 0 Å². The number of benzene rings is 1. The molecule has 0 saturated carbocycles. The average Bonchev–Trinajstić information content (AvgIpc) is 2.28. The number of nitrogens with two attached hydrogens (primary N) is 1. The molecule has 0 fully saturated rings. The van der Waals surface area contributed by atoms with Gasteiger partial charge in [0, 0.05) is 10.0 Å². The van der Waals surface area contributed by atoms with Gasteiger partial charge in [0.15, 0.2) is 0 Å². The quantitative estimate of drug-likeness (QED) is 0.893. The van der Waals surface area contributed by atoms with Crippen LogP contribution in [0.1, 0.15) is 38.8 Å². The minimum Gasteiger partial charge on any atom is -0.348 e. The Morgan fingerprint density at radius 1 is 1.50 bits per heavy atom. The number of rotatable bonds is 4. The molecule has 0 aromatic heterocycles. The van der Waals surface area contributed by atoms with Crippen molar-refractivity contribution >= 4 is 29.1 Å². The van der Waals surface area contributed by atoms with Crippen LogP contribution in [-0.2, 0) is 4.79 Å². The second kappa shape index (κ2) is 5.91. The van der Waals surface area contributed by atoms with Crippen molar-refractivity contribution in [3.63, 3.8) is 0 Å². The SMILES string of the molecule is CCC(C)(N)C(=O)NC(C)c1ccc(Cl)cc1Cl. The Kier molecular flexibility index (Phi) is 5.02. The van der Waals surface area contributed by atoms with E-state index in [4.69, 9.17) is 28.9 Å². The average molecular weight is 289 g/mol. The van der Waals surface area contributed by atoms with Gasteiger partial charge in [0.05, 0.1) is 11.6 Å². The van der Waals surface area contributed by atoms with Crippen molar-refractivity contribution < 1.29 is 4.79 Å². The second-order valence-electron chi connectivity index (χ2n) is 4.63. The van der Waals surface area contributed by atoms with Crippen LogP contribution in [0.4, 0.5) is 0 Å². The third-order valence-corrected chi connectivity index (χ3v) is 3.59. The smallest absolute Gasteiger partial charge is 0.240 e. The normalized spacial score (nSPS) is 15.9. The molecule has 0 aliphatic rings. The third-order valence-electron chi connectivity index (χ3n) is 3.03. The maximum Gasteiger partial charge on any atom is 0.240 e. The van der Waals surface area contributed by atoms with Crippen molar-refractivity contribution in [2.75, 3.05) is 0 Å². The van der Waals surface area contributed by atoms with Crippen LogP contribution >= 0.6 is 23.2 Å². The molecule has 0 radical (unpaired) electrons. The molecule has 0 saturated heterocycles. The van der Waals surface area contributed by atoms with Crippen molar-refractivity contribution in [1.82, 2.24) is 5.32 Å². The van der Waals surface area contributed by atoms with Crippen molar-refractivity contribution in [2.24, 2.45) is 5.73 Å². The number of halogens is 2. The lowest BCUT2D eigenvalue weighted by atomic mass is 9.98. The number of nitrogens with one attached hydrogen (secondary N) is 1. The molecule has 0 bridgehead atoms. The summed E-state index contributed by atoms with van der Waals surface area (Å²) >= 11 is 11.9. The van der Waals surface area contributed by atoms with Gasteiger partial charge in [0.1, 0.15) is 0 Å². The molecule has 0 spiro atoms. The van der Waals surface area contributed by atoms with Crippen LogP contribution in [0.15, 0.2) is 18.2 Å². The largest absolute Gasteiger partial charge is 0.348 e. The van der Waals surface area contributed by atoms with Crippen LogP contribution in [0.5, 0.6) is 0 Å². The zero-order chi connectivity index (χ0) is 13.9. The van der Waals surface area contributed by atoms with Gasteiger partial charge in [-0.2, -0.15) is 0 Å². The highest BCUT2D eigenvalue weighted by Crippen LogP contribution is 2.26. The number of carbonyl (C=O) groups excluding carboxylic acids is 1. The van der Waals surface area contributed by atoms with Gasteiger partial charge in [-0.05, 0) is 38.0 Å². The first-order valence-electron chi connectivity index (χ1n) is 5.82. The van der Waals surface area contributed by atoms with E-state index in [2.05, 4.69) is 5.32 Å². The summed E-state index contributed by atoms with van der Waals surface area (Å²) in [6.07, 6.45) is 0.569. The fourth-order valence-electron chi connectivity index (χ4n) is 1.45. The molecule has 0 aliphatic heterocycles. The summed E-state index contributed by atoms with van der Waals surface area (Å²) in [4.78, 5) is 12.0. The first kappa shape index (κ1) is 15.3. The zero-order valence-electron chi connectivity index (χ0n) is 10.8. The maximum atomic E-state index is 12.0. The van der Waals surface area contributed by atoms with E-state index in [0.717, 1.165) is 5.56 Å². The van der Waals surface area contributed by atoms with Crippen LogP contribution in [0.3, 0.4) is 0 Å². The summed E-state index contributed by atoms with van der Waals surface area (Å²) in [7, 11) is 0. The molecule has 100 valence electrons. The number of hydrogen-bond donors (Lipinski definition) is 2. The van der Waals surface area contributed by atoms with E-state index >= 15 is 0 Å². The molecular formula is C13H18Cl2N2O. The maximum absolute atomic E-state index is 12.0. The summed E-state index contributed by atoms with van der Waals surface area (Å²) < 4.78 is 0. The van der Waals surface area contributed by atoms with E-state index in [-0.39, 0.29) is 11.9 Å². The molecule has 2 unspecified atom stereocenters. The molecule has 0 aliphatic carbocycles. The van der Waals surface area contributed by atoms with E-state index in [1.807, 2.05) is 13.8 Å². The van der Waals surface area contributed by atoms with Crippen LogP contribution in [-0.4, -0.2) is 11.4 Å². The molecule has 1 amide bonds. The Labute approximate surface area is 118 Å². The molecule has 2 atom stereocenters. The Hall–Kier alpha value is -0.770. The zero-order valence-corrected chi connectivity index (χ0v) is 12.3. The first-order chi connectivity index (χ1) is 8.27. The fourth-order valence-corrected chi connectivity index (χ4v) is 2.02. The van der Waals surface area contributed by atoms with Crippen molar-refractivity contribution in [2.45, 2.75) is 38.8 Å². The number of amides is 1. The van der Waals surface area contributed by atoms with Crippen LogP contribution < -0.4 is 11.1 Å². The van der Waals surface area contributed by atoms with Crippen LogP contribution in [0.2, 0.25) is 10.0 Å². The van der Waals surface area contributed by atoms with E-state index in [9.17, 15) is 4.79 Å². The molecule has 3 nitrogen and oxygen atoms in total. The first-order valence-corrected chi connectivity index (χ1v) is 6.58. The van der Waals surface area contributed by atoms with Crippen molar-refractivity contribution in [1.29, 1.82) is 0 Å². The van der Waals surface area contributed by atoms with E-state index in [1.54, 1.807) is 25.1 Å². The summed E-state index contributed by atoms with van der Waals surface area (Å²) in [6, 6.07) is 4.99. The lowest BCUT2D eigenvalue weighted by Gasteiger charge is -2.25. The molecule has 1 aromatic carbocycles. The standard InChI is InChI=1S/C13H18Cl2N2O/c1-4-13(3,16)12(18)17-8(2)10-6-5-9(14)7-11(10)15/h5-8H,4,16H2,1-3H3,(H,17,18). The Balaban J connectivity index is 2.83. The second-order valence-corrected chi connectivity index (χ2v) is 5.48. The molecule has 1 rings (SSSR count). The third kappa shape index (κ3) is 3.61. The van der Waals surface area contributed by atoms with Gasteiger partial charge in [0.2, 0.25) is 5.91 Å². The minimum atomic E-state index is -0.868. The van der Waals surface area contributed by atoms with Gasteiger partial charge in [-0.25, -0.2) is 0 Å². The van der Waals surface area contributed by atoms with Gasteiger partial charge in [-0.1, -0.05) is 36.2 Å². The van der Waals surface area contributed by atoms with E-state index in [1.165, 1.54) is 0 Å². The van der Waals surface area contributed by atoms with E-state index < -0.39 is 5.54 Å². The molecule has 3 N–H and O–H groups in total. The summed E-state index contributed by atoms with van der Waals surface area (Å²) in [5.74, 6) is -0.191. The van der Waals surface area contributed by atoms with Crippen molar-refractivity contribution in [3.8, 4) is 0 Å². The Morgan fingerprint density at radius 2 is 2.11 bits per heavy atom. The molecule has 0 heterocycles. The number of carbonyl (C=O) groups is 1. The highest BCUT2D eigenvalue weighted by Gasteiger charge is 2.27. The number of hydrogen-bond acceptors (Lipinski definition) is 2. The highest BCUT2D eigenvalue weighted by atomic mass is 35.5. The summed E-state index contributed by atoms with van der Waals surface area (Å²) in [5.41, 5.74) is 5.83. The predicted molar refractivity (Wildman–Crippen MR) is 75.9 cm³/mol. The topological polar surface area (TPSA) is 55.1 Å². The Morgan fingerprint density at radius 3 is 2.61 bits per heavy atom. The van der Waals surface area contributed by atoms with Gasteiger partial charge in [-0.3, -0.25) is 4.79 Å². The summed E-state index contributed by atoms with van der Waals surface area (Å²) in [6.45, 7) is 5.44. The molecule has 1 aromatic rings. The van der Waals surface area contributed by atoms with Crippen molar-refractivity contribution in [3.05, 3.63) is 33.8 Å². The molecular weight excluding hydrogens is 271 g/mol. The van der Waals surface area contributed by atoms with Gasteiger partial charge in [-0.15, -0.1) is 0 Å². The highest BCUT2D eigenvalue weighted by molar-refractivity contribution is 6.35. The van der Waals surface area contributed by atoms with Gasteiger partial charge >= 0.3 is 0 Å². The lowest BCUT2D eigenvalue weighted by molar-refractivity contribution is -0.126. The van der Waals surface area contributed by atoms with Gasteiger partial charge in [0.25, 0.3) is 0 Å². The monoisotopic (exact) mass is 288 g/mol. The molecule has 5 heteroatoms. The fraction of sp³-hybridized carbons (Fsp3) is 0.462. The van der Waals surface area contributed by atoms with Crippen LogP contribution in [0.25, 0.3) is 0 Å². The lowest BCUT2D eigenvalue weighted by Crippen LogP contribution is -2.51. The van der Waals surface area contributed by atoms with E-state index in [0.29, 0.717) is 16.5 Å². The summed E-state index contributed by atoms with van der Waals surface area (Å²) in [5, 5.41) is 3.96. The molecule has 18 heavy (non-hydrogen) atoms. The van der Waals surface area contributed by atoms with Gasteiger partial charge < -0.3 is 11.1 Å². The Bertz CT molecular complexity index is 447. The predicted octanol–water partition coefficient (Wildman–Crippen LogP) is 3.30.